The first-order valence-corrected chi connectivity index (χ1v) is 10.8. The van der Waals surface area contributed by atoms with Crippen LogP contribution in [-0.4, -0.2) is 63.2 Å². The molecule has 3 rings (SSSR count). The van der Waals surface area contributed by atoms with Crippen molar-refractivity contribution < 1.29 is 9.53 Å². The summed E-state index contributed by atoms with van der Waals surface area (Å²) in [6.45, 7) is 3.91. The molecule has 6 nitrogen and oxygen atoms in total. The molecule has 1 aromatic rings. The standard InChI is InChI=1S/C23H34N4O2/c1-24-23(25-13-12-19-8-4-2-5-9-19)26-18-21(20-10-6-3-7-11-20)22(28)27-14-16-29-17-15-27/h3,6-8,10-11,21H,2,4-5,9,12-18H2,1H3,(H2,24,25,26). The second kappa shape index (κ2) is 11.6. The number of guanidine groups is 1. The minimum absolute atomic E-state index is 0.148. The summed E-state index contributed by atoms with van der Waals surface area (Å²) in [5.74, 6) is 0.654. The molecule has 0 bridgehead atoms. The molecule has 1 amide bonds. The van der Waals surface area contributed by atoms with E-state index in [4.69, 9.17) is 4.74 Å². The first-order valence-electron chi connectivity index (χ1n) is 10.8. The molecule has 2 aliphatic rings. The molecule has 1 aliphatic heterocycles. The molecule has 1 heterocycles. The molecule has 0 spiro atoms. The summed E-state index contributed by atoms with van der Waals surface area (Å²) in [6.07, 6.45) is 8.49. The molecule has 29 heavy (non-hydrogen) atoms. The van der Waals surface area contributed by atoms with Crippen molar-refractivity contribution in [1.29, 1.82) is 0 Å². The average molecular weight is 399 g/mol. The van der Waals surface area contributed by atoms with Crippen LogP contribution in [0.2, 0.25) is 0 Å². The van der Waals surface area contributed by atoms with Gasteiger partial charge in [-0.25, -0.2) is 0 Å². The average Bonchev–Trinajstić information content (AvgIpc) is 2.80. The number of hydrogen-bond donors (Lipinski definition) is 2. The Labute approximate surface area is 174 Å². The Morgan fingerprint density at radius 1 is 1.17 bits per heavy atom. The summed E-state index contributed by atoms with van der Waals surface area (Å²) >= 11 is 0. The highest BCUT2D eigenvalue weighted by Gasteiger charge is 2.27. The second-order valence-corrected chi connectivity index (χ2v) is 7.64. The third kappa shape index (κ3) is 6.60. The molecule has 1 saturated heterocycles. The fourth-order valence-corrected chi connectivity index (χ4v) is 3.93. The summed E-state index contributed by atoms with van der Waals surface area (Å²) in [5.41, 5.74) is 2.57. The van der Waals surface area contributed by atoms with Crippen LogP contribution in [-0.2, 0) is 9.53 Å². The first-order chi connectivity index (χ1) is 14.3. The van der Waals surface area contributed by atoms with E-state index in [0.717, 1.165) is 24.5 Å². The zero-order chi connectivity index (χ0) is 20.3. The Hall–Kier alpha value is -2.34. The molecular formula is C23H34N4O2. The van der Waals surface area contributed by atoms with Crippen molar-refractivity contribution in [2.75, 3.05) is 46.4 Å². The SMILES string of the molecule is CN=C(NCCC1=CCCCC1)NCC(C(=O)N1CCOCC1)c1ccccc1. The molecule has 6 heteroatoms. The van der Waals surface area contributed by atoms with Crippen molar-refractivity contribution in [3.05, 3.63) is 47.5 Å². The van der Waals surface area contributed by atoms with Crippen LogP contribution in [0.5, 0.6) is 0 Å². The van der Waals surface area contributed by atoms with E-state index in [9.17, 15) is 4.79 Å². The number of carbonyl (C=O) groups is 1. The lowest BCUT2D eigenvalue weighted by Crippen LogP contribution is -2.47. The van der Waals surface area contributed by atoms with E-state index in [1.807, 2.05) is 35.2 Å². The quantitative estimate of drug-likeness (QED) is 0.421. The topological polar surface area (TPSA) is 66.0 Å². The van der Waals surface area contributed by atoms with Gasteiger partial charge in [0.2, 0.25) is 5.91 Å². The number of morpholine rings is 1. The zero-order valence-corrected chi connectivity index (χ0v) is 17.5. The molecule has 2 N–H and O–H groups in total. The molecule has 1 aliphatic carbocycles. The lowest BCUT2D eigenvalue weighted by Gasteiger charge is -2.31. The Morgan fingerprint density at radius 3 is 2.66 bits per heavy atom. The molecule has 158 valence electrons. The molecule has 1 atom stereocenters. The highest BCUT2D eigenvalue weighted by molar-refractivity contribution is 5.86. The largest absolute Gasteiger partial charge is 0.378 e. The van der Waals surface area contributed by atoms with Crippen LogP contribution in [0.25, 0.3) is 0 Å². The maximum absolute atomic E-state index is 13.2. The van der Waals surface area contributed by atoms with Crippen LogP contribution in [0.1, 0.15) is 43.6 Å². The zero-order valence-electron chi connectivity index (χ0n) is 17.5. The van der Waals surface area contributed by atoms with Crippen LogP contribution in [0.3, 0.4) is 0 Å². The highest BCUT2D eigenvalue weighted by Crippen LogP contribution is 2.20. The van der Waals surface area contributed by atoms with Gasteiger partial charge in [-0.05, 0) is 37.7 Å². The van der Waals surface area contributed by atoms with Gasteiger partial charge in [0, 0.05) is 33.2 Å². The number of nitrogens with one attached hydrogen (secondary N) is 2. The van der Waals surface area contributed by atoms with Crippen LogP contribution >= 0.6 is 0 Å². The third-order valence-corrected chi connectivity index (χ3v) is 5.64. The van der Waals surface area contributed by atoms with Crippen LogP contribution < -0.4 is 10.6 Å². The van der Waals surface area contributed by atoms with E-state index in [2.05, 4.69) is 21.7 Å². The normalized spacial score (nSPS) is 18.7. The van der Waals surface area contributed by atoms with E-state index in [0.29, 0.717) is 32.8 Å². The summed E-state index contributed by atoms with van der Waals surface area (Å²) in [7, 11) is 1.77. The van der Waals surface area contributed by atoms with Gasteiger partial charge in [0.05, 0.1) is 19.1 Å². The van der Waals surface area contributed by atoms with E-state index >= 15 is 0 Å². The predicted octanol–water partition coefficient (Wildman–Crippen LogP) is 2.68. The van der Waals surface area contributed by atoms with Crippen LogP contribution in [0, 0.1) is 0 Å². The Kier molecular flexibility index (Phi) is 8.56. The van der Waals surface area contributed by atoms with Crippen molar-refractivity contribution in [1.82, 2.24) is 15.5 Å². The highest BCUT2D eigenvalue weighted by atomic mass is 16.5. The maximum atomic E-state index is 13.2. The van der Waals surface area contributed by atoms with Crippen molar-refractivity contribution in [2.24, 2.45) is 4.99 Å². The van der Waals surface area contributed by atoms with Crippen molar-refractivity contribution in [3.63, 3.8) is 0 Å². The van der Waals surface area contributed by atoms with Crippen LogP contribution in [0.15, 0.2) is 47.0 Å². The number of nitrogens with zero attached hydrogens (tertiary/aromatic N) is 2. The van der Waals surface area contributed by atoms with E-state index in [1.165, 1.54) is 25.7 Å². The minimum atomic E-state index is -0.242. The molecule has 1 fully saturated rings. The summed E-state index contributed by atoms with van der Waals surface area (Å²) in [6, 6.07) is 10.0. The van der Waals surface area contributed by atoms with Gasteiger partial charge in [0.25, 0.3) is 0 Å². The molecule has 0 saturated carbocycles. The number of benzene rings is 1. The number of hydrogen-bond acceptors (Lipinski definition) is 3. The Morgan fingerprint density at radius 2 is 1.97 bits per heavy atom. The minimum Gasteiger partial charge on any atom is -0.378 e. The first kappa shape index (κ1) is 21.4. The van der Waals surface area contributed by atoms with Gasteiger partial charge in [-0.15, -0.1) is 0 Å². The van der Waals surface area contributed by atoms with Crippen molar-refractivity contribution in [3.8, 4) is 0 Å². The molecule has 1 aromatic carbocycles. The number of rotatable bonds is 7. The second-order valence-electron chi connectivity index (χ2n) is 7.64. The van der Waals surface area contributed by atoms with E-state index in [-0.39, 0.29) is 11.8 Å². The number of allylic oxidation sites excluding steroid dienone is 1. The van der Waals surface area contributed by atoms with Crippen molar-refractivity contribution >= 4 is 11.9 Å². The molecule has 1 unspecified atom stereocenters. The molecule has 0 radical (unpaired) electrons. The lowest BCUT2D eigenvalue weighted by atomic mass is 9.97. The number of aliphatic imine (C=N–C) groups is 1. The van der Waals surface area contributed by atoms with Gasteiger partial charge < -0.3 is 20.3 Å². The maximum Gasteiger partial charge on any atom is 0.232 e. The monoisotopic (exact) mass is 398 g/mol. The fraction of sp³-hybridized carbons (Fsp3) is 0.565. The van der Waals surface area contributed by atoms with E-state index in [1.54, 1.807) is 12.6 Å². The van der Waals surface area contributed by atoms with Gasteiger partial charge in [-0.3, -0.25) is 9.79 Å². The molecular weight excluding hydrogens is 364 g/mol. The Balaban J connectivity index is 1.56. The van der Waals surface area contributed by atoms with Crippen LogP contribution in [0.4, 0.5) is 0 Å². The fourth-order valence-electron chi connectivity index (χ4n) is 3.93. The smallest absolute Gasteiger partial charge is 0.232 e. The van der Waals surface area contributed by atoms with Gasteiger partial charge in [0.1, 0.15) is 0 Å². The number of amides is 1. The Bertz CT molecular complexity index is 696. The number of ether oxygens (including phenoxy) is 1. The third-order valence-electron chi connectivity index (χ3n) is 5.64. The van der Waals surface area contributed by atoms with Crippen molar-refractivity contribution in [2.45, 2.75) is 38.0 Å². The predicted molar refractivity (Wildman–Crippen MR) is 117 cm³/mol. The number of carbonyl (C=O) groups excluding carboxylic acids is 1. The van der Waals surface area contributed by atoms with Gasteiger partial charge >= 0.3 is 0 Å². The summed E-state index contributed by atoms with van der Waals surface area (Å²) in [5, 5.41) is 6.76. The lowest BCUT2D eigenvalue weighted by molar-refractivity contribution is -0.136. The van der Waals surface area contributed by atoms with Gasteiger partial charge in [-0.1, -0.05) is 42.0 Å². The summed E-state index contributed by atoms with van der Waals surface area (Å²) in [4.78, 5) is 19.4. The van der Waals surface area contributed by atoms with E-state index < -0.39 is 0 Å². The van der Waals surface area contributed by atoms with Gasteiger partial charge in [0.15, 0.2) is 5.96 Å². The molecule has 0 aromatic heterocycles. The summed E-state index contributed by atoms with van der Waals surface area (Å²) < 4.78 is 5.40. The van der Waals surface area contributed by atoms with Gasteiger partial charge in [-0.2, -0.15) is 0 Å².